The van der Waals surface area contributed by atoms with Crippen LogP contribution in [0.2, 0.25) is 0 Å². The molecule has 2 N–H and O–H groups in total. The third kappa shape index (κ3) is 5.82. The van der Waals surface area contributed by atoms with Gasteiger partial charge in [0.2, 0.25) is 0 Å². The van der Waals surface area contributed by atoms with Crippen LogP contribution in [0, 0.1) is 6.92 Å². The monoisotopic (exact) mass is 401 g/mol. The first kappa shape index (κ1) is 22.5. The largest absolute Gasteiger partial charge is 0.490 e. The van der Waals surface area contributed by atoms with Crippen molar-refractivity contribution in [2.45, 2.75) is 53.4 Å². The summed E-state index contributed by atoms with van der Waals surface area (Å²) in [5.74, 6) is 1.53. The highest BCUT2D eigenvalue weighted by Gasteiger charge is 2.22. The number of amides is 1. The van der Waals surface area contributed by atoms with E-state index in [0.29, 0.717) is 49.2 Å². The van der Waals surface area contributed by atoms with Gasteiger partial charge in [-0.25, -0.2) is 4.98 Å². The second kappa shape index (κ2) is 9.58. The molecule has 29 heavy (non-hydrogen) atoms. The van der Waals surface area contributed by atoms with Crippen molar-refractivity contribution >= 4 is 5.91 Å². The van der Waals surface area contributed by atoms with Gasteiger partial charge in [0.05, 0.1) is 18.9 Å². The van der Waals surface area contributed by atoms with Crippen LogP contribution < -0.4 is 20.3 Å². The Bertz CT molecular complexity index is 913. The van der Waals surface area contributed by atoms with Crippen molar-refractivity contribution in [1.82, 2.24) is 15.3 Å². The van der Waals surface area contributed by atoms with Gasteiger partial charge in [-0.1, -0.05) is 26.8 Å². The van der Waals surface area contributed by atoms with E-state index in [0.717, 1.165) is 5.56 Å². The highest BCUT2D eigenvalue weighted by molar-refractivity contribution is 5.94. The molecule has 0 spiro atoms. The number of aryl methyl sites for hydroxylation is 1. The van der Waals surface area contributed by atoms with Gasteiger partial charge < -0.3 is 19.8 Å². The number of nitrogens with zero attached hydrogens (tertiary/aromatic N) is 1. The molecular weight excluding hydrogens is 370 g/mol. The smallest absolute Gasteiger partial charge is 0.264 e. The molecule has 0 bridgehead atoms. The van der Waals surface area contributed by atoms with Crippen molar-refractivity contribution in [1.29, 1.82) is 0 Å². The van der Waals surface area contributed by atoms with Gasteiger partial charge >= 0.3 is 0 Å². The standard InChI is InChI=1S/C22H31N3O4/c1-7-28-16-10-9-15(13-17(16)29-8-2)11-12-23-19(26)18-14(3)24-21(22(4,5)6)25-20(18)27/h9-10,13H,7-8,11-12H2,1-6H3,(H,23,26)(H,24,25,27). The molecule has 0 unspecified atom stereocenters. The fourth-order valence-corrected chi connectivity index (χ4v) is 2.87. The number of ether oxygens (including phenoxy) is 2. The Hall–Kier alpha value is -2.83. The van der Waals surface area contributed by atoms with Crippen molar-refractivity contribution in [3.05, 3.63) is 51.2 Å². The molecule has 0 saturated heterocycles. The van der Waals surface area contributed by atoms with Crippen LogP contribution in [0.5, 0.6) is 11.5 Å². The van der Waals surface area contributed by atoms with E-state index in [9.17, 15) is 9.59 Å². The molecular formula is C22H31N3O4. The quantitative estimate of drug-likeness (QED) is 0.709. The van der Waals surface area contributed by atoms with Crippen LogP contribution in [0.25, 0.3) is 0 Å². The fourth-order valence-electron chi connectivity index (χ4n) is 2.87. The summed E-state index contributed by atoms with van der Waals surface area (Å²) in [5.41, 5.74) is 0.768. The zero-order valence-electron chi connectivity index (χ0n) is 18.1. The molecule has 0 fully saturated rings. The van der Waals surface area contributed by atoms with Crippen LogP contribution in [0.3, 0.4) is 0 Å². The predicted molar refractivity (Wildman–Crippen MR) is 113 cm³/mol. The lowest BCUT2D eigenvalue weighted by Gasteiger charge is -2.18. The van der Waals surface area contributed by atoms with Crippen molar-refractivity contribution in [3.8, 4) is 11.5 Å². The predicted octanol–water partition coefficient (Wildman–Crippen LogP) is 3.15. The van der Waals surface area contributed by atoms with E-state index in [-0.39, 0.29) is 11.0 Å². The number of aromatic amines is 1. The normalized spacial score (nSPS) is 11.2. The number of nitrogens with one attached hydrogen (secondary N) is 2. The number of hydrogen-bond donors (Lipinski definition) is 2. The van der Waals surface area contributed by atoms with Crippen molar-refractivity contribution in [2.24, 2.45) is 0 Å². The number of benzene rings is 1. The molecule has 1 aromatic heterocycles. The SMILES string of the molecule is CCOc1ccc(CCNC(=O)c2c(C)nc(C(C)(C)C)[nH]c2=O)cc1OCC. The molecule has 1 heterocycles. The zero-order chi connectivity index (χ0) is 21.6. The van der Waals surface area contributed by atoms with Gasteiger partial charge in [0.1, 0.15) is 11.4 Å². The summed E-state index contributed by atoms with van der Waals surface area (Å²) in [6.07, 6.45) is 0.600. The lowest BCUT2D eigenvalue weighted by molar-refractivity contribution is 0.0951. The zero-order valence-corrected chi connectivity index (χ0v) is 18.1. The highest BCUT2D eigenvalue weighted by Crippen LogP contribution is 2.28. The van der Waals surface area contributed by atoms with E-state index in [1.54, 1.807) is 6.92 Å². The second-order valence-corrected chi connectivity index (χ2v) is 7.78. The molecule has 0 saturated carbocycles. The average Bonchev–Trinajstić information content (AvgIpc) is 2.63. The van der Waals surface area contributed by atoms with Gasteiger partial charge in [0.25, 0.3) is 11.5 Å². The number of rotatable bonds is 8. The molecule has 1 aromatic carbocycles. The van der Waals surface area contributed by atoms with Crippen molar-refractivity contribution < 1.29 is 14.3 Å². The third-order valence-corrected chi connectivity index (χ3v) is 4.34. The first-order valence-corrected chi connectivity index (χ1v) is 9.95. The number of carbonyl (C=O) groups is 1. The van der Waals surface area contributed by atoms with E-state index >= 15 is 0 Å². The van der Waals surface area contributed by atoms with E-state index in [1.165, 1.54) is 0 Å². The van der Waals surface area contributed by atoms with Crippen LogP contribution in [0.4, 0.5) is 0 Å². The van der Waals surface area contributed by atoms with Gasteiger partial charge in [-0.05, 0) is 44.9 Å². The molecule has 7 heteroatoms. The Morgan fingerprint density at radius 1 is 1.14 bits per heavy atom. The lowest BCUT2D eigenvalue weighted by Crippen LogP contribution is -2.34. The Morgan fingerprint density at radius 2 is 1.79 bits per heavy atom. The lowest BCUT2D eigenvalue weighted by atomic mass is 9.95. The van der Waals surface area contributed by atoms with Gasteiger partial charge in [-0.3, -0.25) is 9.59 Å². The Balaban J connectivity index is 2.07. The average molecular weight is 402 g/mol. The summed E-state index contributed by atoms with van der Waals surface area (Å²) < 4.78 is 11.2. The summed E-state index contributed by atoms with van der Waals surface area (Å²) in [6, 6.07) is 5.73. The van der Waals surface area contributed by atoms with Crippen LogP contribution in [-0.2, 0) is 11.8 Å². The summed E-state index contributed by atoms with van der Waals surface area (Å²) in [6.45, 7) is 12.9. The first-order chi connectivity index (χ1) is 13.7. The number of H-pyrrole nitrogens is 1. The molecule has 0 atom stereocenters. The van der Waals surface area contributed by atoms with Crippen LogP contribution in [0.15, 0.2) is 23.0 Å². The van der Waals surface area contributed by atoms with E-state index < -0.39 is 11.5 Å². The minimum Gasteiger partial charge on any atom is -0.490 e. The molecule has 158 valence electrons. The van der Waals surface area contributed by atoms with Crippen molar-refractivity contribution in [2.75, 3.05) is 19.8 Å². The number of carbonyl (C=O) groups excluding carboxylic acids is 1. The van der Waals surface area contributed by atoms with E-state index in [2.05, 4.69) is 15.3 Å². The molecule has 2 rings (SSSR count). The van der Waals surface area contributed by atoms with Gasteiger partial charge in [-0.2, -0.15) is 0 Å². The third-order valence-electron chi connectivity index (χ3n) is 4.34. The Labute approximate surface area is 171 Å². The topological polar surface area (TPSA) is 93.3 Å². The molecule has 0 aliphatic rings. The van der Waals surface area contributed by atoms with Crippen LogP contribution in [-0.4, -0.2) is 35.6 Å². The molecule has 1 amide bonds. The minimum absolute atomic E-state index is 0.0553. The van der Waals surface area contributed by atoms with E-state index in [4.69, 9.17) is 9.47 Å². The summed E-state index contributed by atoms with van der Waals surface area (Å²) in [5, 5.41) is 2.81. The summed E-state index contributed by atoms with van der Waals surface area (Å²) in [7, 11) is 0. The minimum atomic E-state index is -0.423. The number of hydrogen-bond acceptors (Lipinski definition) is 5. The molecule has 2 aromatic rings. The maximum absolute atomic E-state index is 12.5. The summed E-state index contributed by atoms with van der Waals surface area (Å²) >= 11 is 0. The van der Waals surface area contributed by atoms with Crippen LogP contribution >= 0.6 is 0 Å². The molecule has 0 aliphatic heterocycles. The number of aromatic nitrogens is 2. The van der Waals surface area contributed by atoms with Gasteiger partial charge in [0.15, 0.2) is 11.5 Å². The highest BCUT2D eigenvalue weighted by atomic mass is 16.5. The van der Waals surface area contributed by atoms with E-state index in [1.807, 2.05) is 52.8 Å². The molecule has 0 aliphatic carbocycles. The molecule has 0 radical (unpaired) electrons. The molecule has 7 nitrogen and oxygen atoms in total. The summed E-state index contributed by atoms with van der Waals surface area (Å²) in [4.78, 5) is 32.1. The van der Waals surface area contributed by atoms with Gasteiger partial charge in [0, 0.05) is 12.0 Å². The Kier molecular flexibility index (Phi) is 7.42. The first-order valence-electron chi connectivity index (χ1n) is 9.95. The Morgan fingerprint density at radius 3 is 2.38 bits per heavy atom. The van der Waals surface area contributed by atoms with Gasteiger partial charge in [-0.15, -0.1) is 0 Å². The fraction of sp³-hybridized carbons (Fsp3) is 0.500. The second-order valence-electron chi connectivity index (χ2n) is 7.78. The maximum atomic E-state index is 12.5. The van der Waals surface area contributed by atoms with Crippen LogP contribution in [0.1, 0.15) is 62.1 Å². The maximum Gasteiger partial charge on any atom is 0.264 e. The van der Waals surface area contributed by atoms with Crippen molar-refractivity contribution in [3.63, 3.8) is 0 Å².